The molecule has 0 aliphatic heterocycles. The number of rotatable bonds is 10. The van der Waals surface area contributed by atoms with Crippen LogP contribution >= 0.6 is 0 Å². The van der Waals surface area contributed by atoms with Gasteiger partial charge in [0.15, 0.2) is 0 Å². The Hall–Kier alpha value is -2.10. The maximum absolute atomic E-state index is 11.7. The van der Waals surface area contributed by atoms with Gasteiger partial charge in [-0.3, -0.25) is 9.48 Å². The first-order valence-electron chi connectivity index (χ1n) is 9.13. The van der Waals surface area contributed by atoms with Crippen molar-refractivity contribution in [2.75, 3.05) is 0 Å². The molecule has 4 heteroatoms. The molecule has 0 spiro atoms. The molecule has 0 fully saturated rings. The van der Waals surface area contributed by atoms with Crippen LogP contribution in [0.15, 0.2) is 30.3 Å². The van der Waals surface area contributed by atoms with E-state index >= 15 is 0 Å². The third kappa shape index (κ3) is 4.70. The van der Waals surface area contributed by atoms with Gasteiger partial charge in [-0.2, -0.15) is 5.10 Å². The first-order chi connectivity index (χ1) is 11.7. The average molecular weight is 327 g/mol. The van der Waals surface area contributed by atoms with Gasteiger partial charge in [0.05, 0.1) is 5.69 Å². The maximum Gasteiger partial charge on any atom is 0.249 e. The van der Waals surface area contributed by atoms with Crippen LogP contribution in [0, 0.1) is 0 Å². The van der Waals surface area contributed by atoms with E-state index in [1.54, 1.807) is 6.07 Å². The molecule has 2 N–H and O–H groups in total. The standard InChI is InChI=1S/C20H29N3O/c1-3-5-7-11-16-15-19(22-23(16)14-10-6-4-2)17-12-8-9-13-18(17)20(21)24/h8-9,12-13,15H,3-7,10-11,14H2,1-2H3,(H2,21,24). The third-order valence-electron chi connectivity index (χ3n) is 4.34. The summed E-state index contributed by atoms with van der Waals surface area (Å²) >= 11 is 0. The zero-order valence-electron chi connectivity index (χ0n) is 14.9. The van der Waals surface area contributed by atoms with Crippen molar-refractivity contribution in [3.63, 3.8) is 0 Å². The van der Waals surface area contributed by atoms with E-state index in [0.717, 1.165) is 30.6 Å². The highest BCUT2D eigenvalue weighted by molar-refractivity contribution is 5.99. The van der Waals surface area contributed by atoms with E-state index < -0.39 is 5.91 Å². The number of amides is 1. The van der Waals surface area contributed by atoms with Crippen LogP contribution in [0.2, 0.25) is 0 Å². The highest BCUT2D eigenvalue weighted by Crippen LogP contribution is 2.24. The Bertz CT molecular complexity index is 633. The van der Waals surface area contributed by atoms with Crippen LogP contribution in [0.5, 0.6) is 0 Å². The highest BCUT2D eigenvalue weighted by Gasteiger charge is 2.14. The number of carbonyl (C=O) groups is 1. The lowest BCUT2D eigenvalue weighted by Gasteiger charge is -2.06. The number of carbonyl (C=O) groups excluding carboxylic acids is 1. The van der Waals surface area contributed by atoms with Crippen LogP contribution in [0.25, 0.3) is 11.3 Å². The smallest absolute Gasteiger partial charge is 0.249 e. The van der Waals surface area contributed by atoms with Crippen molar-refractivity contribution >= 4 is 5.91 Å². The first-order valence-corrected chi connectivity index (χ1v) is 9.13. The van der Waals surface area contributed by atoms with Gasteiger partial charge in [-0.05, 0) is 31.4 Å². The van der Waals surface area contributed by atoms with E-state index in [-0.39, 0.29) is 0 Å². The quantitative estimate of drug-likeness (QED) is 0.650. The summed E-state index contributed by atoms with van der Waals surface area (Å²) in [6.07, 6.45) is 8.19. The molecule has 0 aliphatic rings. The molecule has 0 atom stereocenters. The number of nitrogens with zero attached hydrogens (tertiary/aromatic N) is 2. The van der Waals surface area contributed by atoms with Crippen molar-refractivity contribution in [1.29, 1.82) is 0 Å². The number of aryl methyl sites for hydroxylation is 2. The topological polar surface area (TPSA) is 60.9 Å². The predicted octanol–water partition coefficient (Wildman–Crippen LogP) is 4.57. The predicted molar refractivity (Wildman–Crippen MR) is 98.9 cm³/mol. The van der Waals surface area contributed by atoms with E-state index in [0.29, 0.717) is 5.56 Å². The summed E-state index contributed by atoms with van der Waals surface area (Å²) in [6, 6.07) is 9.58. The van der Waals surface area contributed by atoms with E-state index in [2.05, 4.69) is 24.6 Å². The van der Waals surface area contributed by atoms with Crippen LogP contribution in [-0.2, 0) is 13.0 Å². The normalized spacial score (nSPS) is 10.9. The summed E-state index contributed by atoms with van der Waals surface area (Å²) in [5, 5.41) is 4.78. The molecule has 2 rings (SSSR count). The van der Waals surface area contributed by atoms with Crippen molar-refractivity contribution in [1.82, 2.24) is 9.78 Å². The summed E-state index contributed by atoms with van der Waals surface area (Å²) in [5.74, 6) is -0.404. The monoisotopic (exact) mass is 327 g/mol. The fraction of sp³-hybridized carbons (Fsp3) is 0.500. The Morgan fingerprint density at radius 1 is 1.08 bits per heavy atom. The van der Waals surface area contributed by atoms with Gasteiger partial charge in [-0.15, -0.1) is 0 Å². The molecule has 0 radical (unpaired) electrons. The average Bonchev–Trinajstić information content (AvgIpc) is 2.98. The molecule has 2 aromatic rings. The SMILES string of the molecule is CCCCCc1cc(-c2ccccc2C(N)=O)nn1CCCCC. The van der Waals surface area contributed by atoms with Crippen LogP contribution in [-0.4, -0.2) is 15.7 Å². The van der Waals surface area contributed by atoms with Crippen LogP contribution in [0.1, 0.15) is 68.4 Å². The van der Waals surface area contributed by atoms with E-state index in [1.165, 1.54) is 37.8 Å². The van der Waals surface area contributed by atoms with E-state index in [1.807, 2.05) is 18.2 Å². The summed E-state index contributed by atoms with van der Waals surface area (Å²) in [4.78, 5) is 11.7. The zero-order chi connectivity index (χ0) is 17.4. The molecule has 24 heavy (non-hydrogen) atoms. The molecular weight excluding hydrogens is 298 g/mol. The number of hydrogen-bond acceptors (Lipinski definition) is 2. The van der Waals surface area contributed by atoms with Gasteiger partial charge in [0, 0.05) is 23.4 Å². The van der Waals surface area contributed by atoms with Gasteiger partial charge < -0.3 is 5.73 Å². The van der Waals surface area contributed by atoms with Crippen molar-refractivity contribution < 1.29 is 4.79 Å². The number of primary amides is 1. The minimum absolute atomic E-state index is 0.404. The van der Waals surface area contributed by atoms with Gasteiger partial charge in [0.25, 0.3) is 0 Å². The molecule has 130 valence electrons. The van der Waals surface area contributed by atoms with Crippen molar-refractivity contribution in [2.45, 2.75) is 65.3 Å². The van der Waals surface area contributed by atoms with Gasteiger partial charge in [-0.1, -0.05) is 57.7 Å². The lowest BCUT2D eigenvalue weighted by molar-refractivity contribution is 0.100. The lowest BCUT2D eigenvalue weighted by Crippen LogP contribution is -2.12. The summed E-state index contributed by atoms with van der Waals surface area (Å²) in [5.41, 5.74) is 9.00. The van der Waals surface area contributed by atoms with E-state index in [9.17, 15) is 4.79 Å². The molecule has 0 unspecified atom stereocenters. The van der Waals surface area contributed by atoms with Gasteiger partial charge in [-0.25, -0.2) is 0 Å². The van der Waals surface area contributed by atoms with Crippen molar-refractivity contribution in [3.05, 3.63) is 41.6 Å². The molecule has 1 amide bonds. The van der Waals surface area contributed by atoms with Gasteiger partial charge >= 0.3 is 0 Å². The molecule has 4 nitrogen and oxygen atoms in total. The minimum Gasteiger partial charge on any atom is -0.366 e. The summed E-state index contributed by atoms with van der Waals surface area (Å²) < 4.78 is 2.12. The largest absolute Gasteiger partial charge is 0.366 e. The Balaban J connectivity index is 2.30. The molecule has 1 aromatic carbocycles. The second-order valence-corrected chi connectivity index (χ2v) is 6.32. The Morgan fingerprint density at radius 3 is 2.50 bits per heavy atom. The van der Waals surface area contributed by atoms with Crippen LogP contribution < -0.4 is 5.73 Å². The van der Waals surface area contributed by atoms with Crippen LogP contribution in [0.3, 0.4) is 0 Å². The summed E-state index contributed by atoms with van der Waals surface area (Å²) in [7, 11) is 0. The molecule has 0 saturated carbocycles. The van der Waals surface area contributed by atoms with E-state index in [4.69, 9.17) is 10.8 Å². The zero-order valence-corrected chi connectivity index (χ0v) is 14.9. The number of benzene rings is 1. The Morgan fingerprint density at radius 2 is 1.79 bits per heavy atom. The first kappa shape index (κ1) is 18.2. The third-order valence-corrected chi connectivity index (χ3v) is 4.34. The lowest BCUT2D eigenvalue weighted by atomic mass is 10.0. The number of aromatic nitrogens is 2. The number of hydrogen-bond donors (Lipinski definition) is 1. The van der Waals surface area contributed by atoms with Crippen LogP contribution in [0.4, 0.5) is 0 Å². The molecule has 1 aromatic heterocycles. The Labute approximate surface area is 145 Å². The van der Waals surface area contributed by atoms with Gasteiger partial charge in [0.2, 0.25) is 5.91 Å². The fourth-order valence-electron chi connectivity index (χ4n) is 2.97. The van der Waals surface area contributed by atoms with Gasteiger partial charge in [0.1, 0.15) is 0 Å². The summed E-state index contributed by atoms with van der Waals surface area (Å²) in [6.45, 7) is 5.36. The molecule has 0 aliphatic carbocycles. The molecule has 0 saturated heterocycles. The highest BCUT2D eigenvalue weighted by atomic mass is 16.1. The van der Waals surface area contributed by atoms with Crippen molar-refractivity contribution in [2.24, 2.45) is 5.73 Å². The second kappa shape index (κ2) is 9.26. The number of nitrogens with two attached hydrogens (primary N) is 1. The second-order valence-electron chi connectivity index (χ2n) is 6.32. The number of unbranched alkanes of at least 4 members (excludes halogenated alkanes) is 4. The van der Waals surface area contributed by atoms with Crippen molar-refractivity contribution in [3.8, 4) is 11.3 Å². The minimum atomic E-state index is -0.404. The molecule has 0 bridgehead atoms. The molecular formula is C20H29N3O. The fourth-order valence-corrected chi connectivity index (χ4v) is 2.97. The maximum atomic E-state index is 11.7. The molecule has 1 heterocycles. The Kier molecular flexibility index (Phi) is 7.04.